The van der Waals surface area contributed by atoms with E-state index in [1.54, 1.807) is 4.90 Å². The molecule has 1 fully saturated rings. The molecule has 0 saturated carbocycles. The first-order valence-corrected chi connectivity index (χ1v) is 5.85. The zero-order valence-corrected chi connectivity index (χ0v) is 10.1. The minimum Gasteiger partial charge on any atom is -0.328 e. The average Bonchev–Trinajstić information content (AvgIpc) is 2.27. The summed E-state index contributed by atoms with van der Waals surface area (Å²) in [7, 11) is 1.85. The van der Waals surface area contributed by atoms with E-state index in [-0.39, 0.29) is 12.1 Å². The molecule has 0 aliphatic carbocycles. The van der Waals surface area contributed by atoms with Gasteiger partial charge >= 0.3 is 6.03 Å². The van der Waals surface area contributed by atoms with E-state index in [0.717, 1.165) is 32.5 Å². The van der Waals surface area contributed by atoms with Gasteiger partial charge in [-0.1, -0.05) is 13.3 Å². The van der Waals surface area contributed by atoms with Gasteiger partial charge in [0.1, 0.15) is 0 Å². The molecule has 88 valence electrons. The average molecular weight is 213 g/mol. The molecule has 4 nitrogen and oxygen atoms in total. The van der Waals surface area contributed by atoms with Crippen LogP contribution >= 0.6 is 0 Å². The molecule has 0 aromatic carbocycles. The van der Waals surface area contributed by atoms with Crippen molar-refractivity contribution in [2.75, 3.05) is 26.7 Å². The van der Waals surface area contributed by atoms with Crippen molar-refractivity contribution in [3.05, 3.63) is 0 Å². The highest BCUT2D eigenvalue weighted by atomic mass is 16.2. The molecule has 0 radical (unpaired) electrons. The molecule has 1 heterocycles. The van der Waals surface area contributed by atoms with Gasteiger partial charge in [0.05, 0.1) is 0 Å². The molecular formula is C11H23N3O. The molecular weight excluding hydrogens is 190 g/mol. The third kappa shape index (κ3) is 2.84. The number of piperidine rings is 1. The number of carbonyl (C=O) groups is 1. The van der Waals surface area contributed by atoms with Crippen LogP contribution in [0.3, 0.4) is 0 Å². The molecule has 1 rings (SSSR count). The Morgan fingerprint density at radius 2 is 2.20 bits per heavy atom. The number of nitrogens with zero attached hydrogens (tertiary/aromatic N) is 2. The SMILES string of the molecule is CCC1CN(C(=O)N(C)CC)CCC1N. The summed E-state index contributed by atoms with van der Waals surface area (Å²) < 4.78 is 0. The Morgan fingerprint density at radius 1 is 1.53 bits per heavy atom. The fourth-order valence-electron chi connectivity index (χ4n) is 2.03. The molecule has 2 N–H and O–H groups in total. The van der Waals surface area contributed by atoms with Gasteiger partial charge < -0.3 is 15.5 Å². The highest BCUT2D eigenvalue weighted by Gasteiger charge is 2.28. The van der Waals surface area contributed by atoms with Crippen molar-refractivity contribution < 1.29 is 4.79 Å². The number of carbonyl (C=O) groups excluding carboxylic acids is 1. The lowest BCUT2D eigenvalue weighted by molar-refractivity contribution is 0.128. The molecule has 0 aromatic heterocycles. The Bertz CT molecular complexity index is 220. The second kappa shape index (κ2) is 5.35. The first-order chi connectivity index (χ1) is 7.10. The zero-order valence-electron chi connectivity index (χ0n) is 10.1. The van der Waals surface area contributed by atoms with E-state index in [1.165, 1.54) is 0 Å². The van der Waals surface area contributed by atoms with Gasteiger partial charge in [-0.05, 0) is 19.3 Å². The third-order valence-electron chi connectivity index (χ3n) is 3.39. The van der Waals surface area contributed by atoms with Gasteiger partial charge in [-0.2, -0.15) is 0 Å². The molecule has 0 aromatic rings. The Labute approximate surface area is 92.4 Å². The Kier molecular flexibility index (Phi) is 4.39. The first kappa shape index (κ1) is 12.3. The number of rotatable bonds is 2. The van der Waals surface area contributed by atoms with E-state index in [2.05, 4.69) is 6.92 Å². The number of hydrogen-bond acceptors (Lipinski definition) is 2. The van der Waals surface area contributed by atoms with Crippen LogP contribution in [0.25, 0.3) is 0 Å². The molecule has 0 spiro atoms. The lowest BCUT2D eigenvalue weighted by Gasteiger charge is -2.38. The second-order valence-corrected chi connectivity index (χ2v) is 4.36. The fourth-order valence-corrected chi connectivity index (χ4v) is 2.03. The maximum Gasteiger partial charge on any atom is 0.319 e. The molecule has 2 amide bonds. The summed E-state index contributed by atoms with van der Waals surface area (Å²) >= 11 is 0. The lowest BCUT2D eigenvalue weighted by Crippen LogP contribution is -2.52. The summed E-state index contributed by atoms with van der Waals surface area (Å²) in [5, 5.41) is 0. The predicted molar refractivity (Wildman–Crippen MR) is 61.6 cm³/mol. The standard InChI is InChI=1S/C11H23N3O/c1-4-9-8-14(7-6-10(9)12)11(15)13(3)5-2/h9-10H,4-8,12H2,1-3H3. The fraction of sp³-hybridized carbons (Fsp3) is 0.909. The summed E-state index contributed by atoms with van der Waals surface area (Å²) in [5.74, 6) is 0.466. The molecule has 0 bridgehead atoms. The molecule has 1 aliphatic rings. The summed E-state index contributed by atoms with van der Waals surface area (Å²) in [6, 6.07) is 0.411. The minimum absolute atomic E-state index is 0.142. The van der Waals surface area contributed by atoms with Crippen LogP contribution in [0.15, 0.2) is 0 Å². The Morgan fingerprint density at radius 3 is 2.73 bits per heavy atom. The van der Waals surface area contributed by atoms with Crippen LogP contribution in [-0.4, -0.2) is 48.6 Å². The van der Waals surface area contributed by atoms with E-state index < -0.39 is 0 Å². The van der Waals surface area contributed by atoms with Crippen LogP contribution in [0.2, 0.25) is 0 Å². The van der Waals surface area contributed by atoms with Crippen LogP contribution in [0.5, 0.6) is 0 Å². The van der Waals surface area contributed by atoms with Gasteiger partial charge in [-0.15, -0.1) is 0 Å². The molecule has 1 aliphatic heterocycles. The largest absolute Gasteiger partial charge is 0.328 e. The normalized spacial score (nSPS) is 26.5. The predicted octanol–water partition coefficient (Wildman–Crippen LogP) is 1.12. The Balaban J connectivity index is 2.54. The van der Waals surface area contributed by atoms with Gasteiger partial charge in [0.2, 0.25) is 0 Å². The molecule has 2 unspecified atom stereocenters. The van der Waals surface area contributed by atoms with Crippen LogP contribution in [-0.2, 0) is 0 Å². The van der Waals surface area contributed by atoms with E-state index in [4.69, 9.17) is 5.73 Å². The number of hydrogen-bond donors (Lipinski definition) is 1. The third-order valence-corrected chi connectivity index (χ3v) is 3.39. The topological polar surface area (TPSA) is 49.6 Å². The van der Waals surface area contributed by atoms with Crippen molar-refractivity contribution in [1.29, 1.82) is 0 Å². The number of amides is 2. The van der Waals surface area contributed by atoms with E-state index in [0.29, 0.717) is 5.92 Å². The van der Waals surface area contributed by atoms with E-state index >= 15 is 0 Å². The van der Waals surface area contributed by atoms with E-state index in [1.807, 2.05) is 18.9 Å². The lowest BCUT2D eigenvalue weighted by atomic mass is 9.91. The summed E-state index contributed by atoms with van der Waals surface area (Å²) in [5.41, 5.74) is 6.01. The van der Waals surface area contributed by atoms with Gasteiger partial charge in [0.25, 0.3) is 0 Å². The molecule has 4 heteroatoms. The van der Waals surface area contributed by atoms with Gasteiger partial charge in [-0.3, -0.25) is 0 Å². The number of nitrogens with two attached hydrogens (primary N) is 1. The highest BCUT2D eigenvalue weighted by Crippen LogP contribution is 2.19. The Hall–Kier alpha value is -0.770. The molecule has 15 heavy (non-hydrogen) atoms. The van der Waals surface area contributed by atoms with Crippen LogP contribution in [0.1, 0.15) is 26.7 Å². The van der Waals surface area contributed by atoms with Crippen molar-refractivity contribution in [3.8, 4) is 0 Å². The molecule has 1 saturated heterocycles. The monoisotopic (exact) mass is 213 g/mol. The minimum atomic E-state index is 0.142. The second-order valence-electron chi connectivity index (χ2n) is 4.36. The van der Waals surface area contributed by atoms with Crippen LogP contribution < -0.4 is 5.73 Å². The smallest absolute Gasteiger partial charge is 0.319 e. The van der Waals surface area contributed by atoms with Gasteiger partial charge in [-0.25, -0.2) is 4.79 Å². The first-order valence-electron chi connectivity index (χ1n) is 5.85. The molecule has 2 atom stereocenters. The summed E-state index contributed by atoms with van der Waals surface area (Å²) in [6.45, 7) is 6.52. The maximum atomic E-state index is 11.9. The van der Waals surface area contributed by atoms with Gasteiger partial charge in [0.15, 0.2) is 0 Å². The number of urea groups is 1. The van der Waals surface area contributed by atoms with Gasteiger partial charge in [0, 0.05) is 32.7 Å². The van der Waals surface area contributed by atoms with Crippen molar-refractivity contribution in [2.45, 2.75) is 32.7 Å². The van der Waals surface area contributed by atoms with Crippen LogP contribution in [0, 0.1) is 5.92 Å². The van der Waals surface area contributed by atoms with Crippen molar-refractivity contribution in [3.63, 3.8) is 0 Å². The summed E-state index contributed by atoms with van der Waals surface area (Å²) in [4.78, 5) is 15.6. The van der Waals surface area contributed by atoms with Crippen LogP contribution in [0.4, 0.5) is 4.79 Å². The van der Waals surface area contributed by atoms with Crippen molar-refractivity contribution in [2.24, 2.45) is 11.7 Å². The quantitative estimate of drug-likeness (QED) is 0.747. The zero-order chi connectivity index (χ0) is 11.4. The highest BCUT2D eigenvalue weighted by molar-refractivity contribution is 5.74. The van der Waals surface area contributed by atoms with Crippen molar-refractivity contribution >= 4 is 6.03 Å². The van der Waals surface area contributed by atoms with E-state index in [9.17, 15) is 4.79 Å². The van der Waals surface area contributed by atoms with Crippen molar-refractivity contribution in [1.82, 2.24) is 9.80 Å². The summed E-state index contributed by atoms with van der Waals surface area (Å²) in [6.07, 6.45) is 1.99. The number of likely N-dealkylation sites (tertiary alicyclic amines) is 1. The maximum absolute atomic E-state index is 11.9.